The minimum atomic E-state index is 0.653. The molecule has 0 aliphatic carbocycles. The van der Waals surface area contributed by atoms with Crippen molar-refractivity contribution < 1.29 is 4.74 Å². The van der Waals surface area contributed by atoms with Gasteiger partial charge in [0.05, 0.1) is 19.0 Å². The third-order valence-electron chi connectivity index (χ3n) is 2.15. The molecular weight excluding hydrogens is 202 g/mol. The van der Waals surface area contributed by atoms with Crippen molar-refractivity contribution in [1.29, 1.82) is 0 Å². The molecule has 4 heteroatoms. The van der Waals surface area contributed by atoms with Gasteiger partial charge in [0, 0.05) is 5.69 Å². The number of methoxy groups -OCH3 is 1. The molecule has 0 atom stereocenters. The first-order valence-electron chi connectivity index (χ1n) is 4.90. The van der Waals surface area contributed by atoms with E-state index in [4.69, 9.17) is 10.5 Å². The van der Waals surface area contributed by atoms with E-state index in [0.29, 0.717) is 5.69 Å². The summed E-state index contributed by atoms with van der Waals surface area (Å²) in [5.41, 5.74) is 7.16. The lowest BCUT2D eigenvalue weighted by Gasteiger charge is -2.06. The van der Waals surface area contributed by atoms with Gasteiger partial charge in [0.1, 0.15) is 11.6 Å². The summed E-state index contributed by atoms with van der Waals surface area (Å²) in [7, 11) is 1.64. The fourth-order valence-electron chi connectivity index (χ4n) is 1.30. The Morgan fingerprint density at radius 1 is 1.12 bits per heavy atom. The van der Waals surface area contributed by atoms with E-state index in [-0.39, 0.29) is 0 Å². The van der Waals surface area contributed by atoms with Crippen molar-refractivity contribution >= 4 is 17.2 Å². The number of nitrogens with two attached hydrogens (primary N) is 1. The molecule has 82 valence electrons. The number of nitrogen functional groups attached to an aromatic ring is 1. The molecule has 0 spiro atoms. The summed E-state index contributed by atoms with van der Waals surface area (Å²) >= 11 is 0. The second-order valence-electron chi connectivity index (χ2n) is 3.33. The van der Waals surface area contributed by atoms with Crippen LogP contribution in [0.2, 0.25) is 0 Å². The van der Waals surface area contributed by atoms with Crippen molar-refractivity contribution in [3.8, 4) is 5.75 Å². The van der Waals surface area contributed by atoms with Gasteiger partial charge in [-0.2, -0.15) is 0 Å². The van der Waals surface area contributed by atoms with Crippen molar-refractivity contribution in [2.45, 2.75) is 0 Å². The highest BCUT2D eigenvalue weighted by molar-refractivity contribution is 5.58. The number of aromatic nitrogens is 1. The van der Waals surface area contributed by atoms with Crippen LogP contribution in [-0.4, -0.2) is 12.1 Å². The Hall–Kier alpha value is -2.23. The van der Waals surface area contributed by atoms with Gasteiger partial charge in [0.15, 0.2) is 0 Å². The topological polar surface area (TPSA) is 60.2 Å². The second-order valence-corrected chi connectivity index (χ2v) is 3.33. The minimum Gasteiger partial charge on any atom is -0.497 e. The summed E-state index contributed by atoms with van der Waals surface area (Å²) in [6.45, 7) is 0. The number of ether oxygens (including phenoxy) is 1. The fourth-order valence-corrected chi connectivity index (χ4v) is 1.30. The monoisotopic (exact) mass is 215 g/mol. The van der Waals surface area contributed by atoms with Gasteiger partial charge < -0.3 is 15.8 Å². The molecule has 3 N–H and O–H groups in total. The Bertz CT molecular complexity index is 451. The van der Waals surface area contributed by atoms with Crippen LogP contribution in [0, 0.1) is 0 Å². The van der Waals surface area contributed by atoms with E-state index >= 15 is 0 Å². The molecule has 4 nitrogen and oxygen atoms in total. The van der Waals surface area contributed by atoms with Crippen LogP contribution in [0.5, 0.6) is 5.75 Å². The quantitative estimate of drug-likeness (QED) is 0.825. The molecule has 0 saturated heterocycles. The van der Waals surface area contributed by atoms with Gasteiger partial charge in [-0.1, -0.05) is 0 Å². The molecule has 1 heterocycles. The third kappa shape index (κ3) is 2.42. The summed E-state index contributed by atoms with van der Waals surface area (Å²) in [5.74, 6) is 1.59. The van der Waals surface area contributed by atoms with E-state index in [1.165, 1.54) is 0 Å². The highest BCUT2D eigenvalue weighted by atomic mass is 16.5. The first kappa shape index (κ1) is 10.3. The Morgan fingerprint density at radius 3 is 2.44 bits per heavy atom. The number of pyridine rings is 1. The highest BCUT2D eigenvalue weighted by Gasteiger charge is 1.96. The van der Waals surface area contributed by atoms with E-state index < -0.39 is 0 Å². The van der Waals surface area contributed by atoms with Crippen LogP contribution in [0.15, 0.2) is 42.6 Å². The molecule has 0 amide bonds. The van der Waals surface area contributed by atoms with E-state index in [1.54, 1.807) is 19.4 Å². The Morgan fingerprint density at radius 2 is 1.88 bits per heavy atom. The molecule has 0 unspecified atom stereocenters. The number of hydrogen-bond donors (Lipinski definition) is 2. The van der Waals surface area contributed by atoms with Crippen LogP contribution >= 0.6 is 0 Å². The van der Waals surface area contributed by atoms with Gasteiger partial charge in [-0.25, -0.2) is 4.98 Å². The van der Waals surface area contributed by atoms with Crippen molar-refractivity contribution in [3.63, 3.8) is 0 Å². The smallest absolute Gasteiger partial charge is 0.130 e. The summed E-state index contributed by atoms with van der Waals surface area (Å²) in [5, 5.41) is 3.16. The Labute approximate surface area is 94.1 Å². The lowest BCUT2D eigenvalue weighted by molar-refractivity contribution is 0.415. The van der Waals surface area contributed by atoms with E-state index in [0.717, 1.165) is 17.3 Å². The average molecular weight is 215 g/mol. The predicted octanol–water partition coefficient (Wildman–Crippen LogP) is 2.42. The second kappa shape index (κ2) is 4.53. The van der Waals surface area contributed by atoms with Crippen LogP contribution < -0.4 is 15.8 Å². The third-order valence-corrected chi connectivity index (χ3v) is 2.15. The maximum absolute atomic E-state index is 5.55. The number of hydrogen-bond acceptors (Lipinski definition) is 4. The molecule has 16 heavy (non-hydrogen) atoms. The van der Waals surface area contributed by atoms with Crippen molar-refractivity contribution in [2.75, 3.05) is 18.2 Å². The number of nitrogens with zero attached hydrogens (tertiary/aromatic N) is 1. The van der Waals surface area contributed by atoms with E-state index in [1.807, 2.05) is 30.3 Å². The van der Waals surface area contributed by atoms with Crippen molar-refractivity contribution in [3.05, 3.63) is 42.6 Å². The highest BCUT2D eigenvalue weighted by Crippen LogP contribution is 2.18. The van der Waals surface area contributed by atoms with Crippen LogP contribution in [0.3, 0.4) is 0 Å². The van der Waals surface area contributed by atoms with Crippen LogP contribution in [0.25, 0.3) is 0 Å². The SMILES string of the molecule is COc1ccc(Nc2ccc(N)cn2)cc1. The number of nitrogens with one attached hydrogen (secondary N) is 1. The van der Waals surface area contributed by atoms with Crippen molar-refractivity contribution in [1.82, 2.24) is 4.98 Å². The largest absolute Gasteiger partial charge is 0.497 e. The zero-order valence-electron chi connectivity index (χ0n) is 8.97. The molecule has 1 aromatic carbocycles. The normalized spacial score (nSPS) is 9.81. The van der Waals surface area contributed by atoms with Gasteiger partial charge in [-0.3, -0.25) is 0 Å². The first-order valence-corrected chi connectivity index (χ1v) is 4.90. The van der Waals surface area contributed by atoms with Crippen LogP contribution in [0.4, 0.5) is 17.2 Å². The minimum absolute atomic E-state index is 0.653. The molecule has 0 fully saturated rings. The zero-order chi connectivity index (χ0) is 11.4. The number of benzene rings is 1. The van der Waals surface area contributed by atoms with Gasteiger partial charge >= 0.3 is 0 Å². The Kier molecular flexibility index (Phi) is 2.91. The molecule has 2 aromatic rings. The molecule has 0 bridgehead atoms. The van der Waals surface area contributed by atoms with Gasteiger partial charge in [0.2, 0.25) is 0 Å². The maximum atomic E-state index is 5.55. The summed E-state index contributed by atoms with van der Waals surface area (Å²) in [4.78, 5) is 4.15. The number of anilines is 3. The lowest BCUT2D eigenvalue weighted by atomic mass is 10.3. The molecule has 0 saturated carbocycles. The maximum Gasteiger partial charge on any atom is 0.130 e. The molecule has 2 rings (SSSR count). The van der Waals surface area contributed by atoms with E-state index in [9.17, 15) is 0 Å². The summed E-state index contributed by atoms with van der Waals surface area (Å²) in [6, 6.07) is 11.3. The van der Waals surface area contributed by atoms with Gasteiger partial charge in [0.25, 0.3) is 0 Å². The molecule has 0 aliphatic heterocycles. The summed E-state index contributed by atoms with van der Waals surface area (Å²) in [6.07, 6.45) is 1.62. The van der Waals surface area contributed by atoms with Crippen molar-refractivity contribution in [2.24, 2.45) is 0 Å². The van der Waals surface area contributed by atoms with Crippen LogP contribution in [-0.2, 0) is 0 Å². The van der Waals surface area contributed by atoms with Gasteiger partial charge in [-0.15, -0.1) is 0 Å². The Balaban J connectivity index is 2.11. The molecular formula is C12H13N3O. The standard InChI is InChI=1S/C12H13N3O/c1-16-11-5-3-10(4-6-11)15-12-7-2-9(13)8-14-12/h2-8H,13H2,1H3,(H,14,15). The zero-order valence-corrected chi connectivity index (χ0v) is 8.97. The molecule has 0 radical (unpaired) electrons. The first-order chi connectivity index (χ1) is 7.78. The van der Waals surface area contributed by atoms with Gasteiger partial charge in [-0.05, 0) is 36.4 Å². The molecule has 1 aromatic heterocycles. The van der Waals surface area contributed by atoms with E-state index in [2.05, 4.69) is 10.3 Å². The lowest BCUT2D eigenvalue weighted by Crippen LogP contribution is -1.94. The fraction of sp³-hybridized carbons (Fsp3) is 0.0833. The van der Waals surface area contributed by atoms with Crippen LogP contribution in [0.1, 0.15) is 0 Å². The molecule has 0 aliphatic rings. The average Bonchev–Trinajstić information content (AvgIpc) is 2.33. The predicted molar refractivity (Wildman–Crippen MR) is 64.9 cm³/mol. The number of rotatable bonds is 3. The summed E-state index contributed by atoms with van der Waals surface area (Å²) < 4.78 is 5.08.